The Balaban J connectivity index is 2.07. The molecule has 2 aromatic carbocycles. The van der Waals surface area contributed by atoms with E-state index in [1.807, 2.05) is 25.3 Å². The molecule has 0 aromatic heterocycles. The van der Waals surface area contributed by atoms with Crippen molar-refractivity contribution in [2.75, 3.05) is 17.3 Å². The molecule has 0 heterocycles. The Hall–Kier alpha value is -2.36. The molecule has 2 N–H and O–H groups in total. The summed E-state index contributed by atoms with van der Waals surface area (Å²) >= 11 is 1.48. The summed E-state index contributed by atoms with van der Waals surface area (Å²) in [5.74, 6) is -0.746. The highest BCUT2D eigenvalue weighted by atomic mass is 32.2. The van der Waals surface area contributed by atoms with Crippen LogP contribution in [0.4, 0.5) is 5.69 Å². The topological polar surface area (TPSA) is 102 Å². The Morgan fingerprint density at radius 2 is 1.70 bits per heavy atom. The molecule has 2 unspecified atom stereocenters. The Bertz CT molecular complexity index is 964. The van der Waals surface area contributed by atoms with Gasteiger partial charge in [0.05, 0.1) is 4.90 Å². The van der Waals surface area contributed by atoms with Crippen molar-refractivity contribution < 1.29 is 22.7 Å². The molecule has 0 saturated carbocycles. The second-order valence-electron chi connectivity index (χ2n) is 6.65. The molecule has 2 aromatic rings. The van der Waals surface area contributed by atoms with Crippen molar-refractivity contribution in [3.8, 4) is 0 Å². The number of para-hydroxylation sites is 1. The van der Waals surface area contributed by atoms with Gasteiger partial charge in [0, 0.05) is 5.69 Å². The van der Waals surface area contributed by atoms with E-state index in [0.717, 1.165) is 5.56 Å². The van der Waals surface area contributed by atoms with Crippen LogP contribution in [0, 0.1) is 6.92 Å². The smallest absolute Gasteiger partial charge is 0.324 e. The fraction of sp³-hybridized carbons (Fsp3) is 0.333. The number of anilines is 1. The van der Waals surface area contributed by atoms with Crippen molar-refractivity contribution in [3.63, 3.8) is 0 Å². The van der Waals surface area contributed by atoms with Crippen molar-refractivity contribution in [1.82, 2.24) is 4.72 Å². The van der Waals surface area contributed by atoms with E-state index >= 15 is 0 Å². The van der Waals surface area contributed by atoms with Crippen LogP contribution in [0.3, 0.4) is 0 Å². The molecule has 2 rings (SSSR count). The lowest BCUT2D eigenvalue weighted by Crippen LogP contribution is -2.44. The number of amides is 1. The summed E-state index contributed by atoms with van der Waals surface area (Å²) in [6.45, 7) is 3.30. The third-order valence-electron chi connectivity index (χ3n) is 4.31. The lowest BCUT2D eigenvalue weighted by Gasteiger charge is -2.20. The first kappa shape index (κ1) is 23.9. The first-order chi connectivity index (χ1) is 14.2. The Morgan fingerprint density at radius 1 is 1.07 bits per heavy atom. The quantitative estimate of drug-likeness (QED) is 0.540. The minimum absolute atomic E-state index is 0.0531. The first-order valence-corrected chi connectivity index (χ1v) is 12.3. The van der Waals surface area contributed by atoms with Gasteiger partial charge in [-0.1, -0.05) is 36.4 Å². The molecule has 7 nitrogen and oxygen atoms in total. The van der Waals surface area contributed by atoms with E-state index in [1.54, 1.807) is 30.3 Å². The van der Waals surface area contributed by atoms with E-state index in [9.17, 15) is 18.0 Å². The molecule has 9 heteroatoms. The number of thioether (sulfide) groups is 1. The van der Waals surface area contributed by atoms with Gasteiger partial charge in [-0.25, -0.2) is 8.42 Å². The van der Waals surface area contributed by atoms with Gasteiger partial charge in [-0.3, -0.25) is 9.59 Å². The van der Waals surface area contributed by atoms with Gasteiger partial charge >= 0.3 is 5.97 Å². The number of benzene rings is 2. The zero-order chi connectivity index (χ0) is 22.1. The van der Waals surface area contributed by atoms with Crippen LogP contribution >= 0.6 is 11.8 Å². The van der Waals surface area contributed by atoms with Gasteiger partial charge in [0.25, 0.3) is 5.91 Å². The average molecular weight is 451 g/mol. The first-order valence-electron chi connectivity index (χ1n) is 9.38. The van der Waals surface area contributed by atoms with Crippen LogP contribution in [0.5, 0.6) is 0 Å². The molecule has 30 heavy (non-hydrogen) atoms. The number of rotatable bonds is 10. The SMILES string of the molecule is CSCCC(NS(=O)(=O)c1ccccc1)C(=O)OC(C)C(=O)Nc1ccccc1C. The lowest BCUT2D eigenvalue weighted by molar-refractivity contribution is -0.154. The summed E-state index contributed by atoms with van der Waals surface area (Å²) in [6, 6.07) is 13.9. The normalized spacial score (nSPS) is 13.3. The number of sulfonamides is 1. The molecule has 0 aliphatic rings. The minimum atomic E-state index is -3.91. The third-order valence-corrected chi connectivity index (χ3v) is 6.44. The molecular formula is C21H26N2O5S2. The molecule has 0 aliphatic carbocycles. The zero-order valence-electron chi connectivity index (χ0n) is 17.1. The van der Waals surface area contributed by atoms with Gasteiger partial charge in [-0.05, 0) is 56.0 Å². The number of hydrogen-bond acceptors (Lipinski definition) is 6. The molecule has 0 aliphatic heterocycles. The van der Waals surface area contributed by atoms with Crippen LogP contribution in [0.25, 0.3) is 0 Å². The molecule has 162 valence electrons. The zero-order valence-corrected chi connectivity index (χ0v) is 18.8. The van der Waals surface area contributed by atoms with Crippen LogP contribution in [-0.2, 0) is 24.3 Å². The van der Waals surface area contributed by atoms with Gasteiger partial charge in [0.2, 0.25) is 10.0 Å². The van der Waals surface area contributed by atoms with E-state index in [1.165, 1.54) is 30.8 Å². The number of carbonyl (C=O) groups is 2. The second kappa shape index (κ2) is 11.1. The maximum atomic E-state index is 12.7. The van der Waals surface area contributed by atoms with Crippen molar-refractivity contribution in [2.45, 2.75) is 37.3 Å². The Morgan fingerprint density at radius 3 is 2.33 bits per heavy atom. The van der Waals surface area contributed by atoms with Crippen LogP contribution in [0.15, 0.2) is 59.5 Å². The fourth-order valence-corrected chi connectivity index (χ4v) is 4.28. The maximum absolute atomic E-state index is 12.7. The van der Waals surface area contributed by atoms with Gasteiger partial charge in [0.1, 0.15) is 6.04 Å². The highest BCUT2D eigenvalue weighted by molar-refractivity contribution is 7.98. The number of esters is 1. The maximum Gasteiger partial charge on any atom is 0.324 e. The average Bonchev–Trinajstić information content (AvgIpc) is 2.73. The van der Waals surface area contributed by atoms with Crippen LogP contribution in [0.2, 0.25) is 0 Å². The molecule has 2 atom stereocenters. The standard InChI is InChI=1S/C21H26N2O5S2/c1-15-9-7-8-12-18(15)22-20(24)16(2)28-21(25)19(13-14-29-3)23-30(26,27)17-10-5-4-6-11-17/h4-12,16,19,23H,13-14H2,1-3H3,(H,22,24). The second-order valence-corrected chi connectivity index (χ2v) is 9.35. The number of nitrogens with one attached hydrogen (secondary N) is 2. The van der Waals surface area contributed by atoms with Crippen molar-refractivity contribution in [2.24, 2.45) is 0 Å². The fourth-order valence-electron chi connectivity index (χ4n) is 2.57. The van der Waals surface area contributed by atoms with Crippen molar-refractivity contribution in [1.29, 1.82) is 0 Å². The number of ether oxygens (including phenoxy) is 1. The van der Waals surface area contributed by atoms with Crippen molar-refractivity contribution in [3.05, 3.63) is 60.2 Å². The Labute approximate surface area is 181 Å². The number of aryl methyl sites for hydroxylation is 1. The lowest BCUT2D eigenvalue weighted by atomic mass is 10.2. The van der Waals surface area contributed by atoms with Crippen LogP contribution in [0.1, 0.15) is 18.9 Å². The van der Waals surface area contributed by atoms with E-state index in [4.69, 9.17) is 4.74 Å². The third kappa shape index (κ3) is 6.86. The molecule has 0 spiro atoms. The summed E-state index contributed by atoms with van der Waals surface area (Å²) in [6.07, 6.45) is 1.000. The van der Waals surface area contributed by atoms with Gasteiger partial charge < -0.3 is 10.1 Å². The molecule has 0 radical (unpaired) electrons. The van der Waals surface area contributed by atoms with Crippen molar-refractivity contribution >= 4 is 39.3 Å². The predicted molar refractivity (Wildman–Crippen MR) is 119 cm³/mol. The molecule has 0 bridgehead atoms. The van der Waals surface area contributed by atoms with Crippen LogP contribution in [-0.4, -0.2) is 44.4 Å². The predicted octanol–water partition coefficient (Wildman–Crippen LogP) is 2.97. The highest BCUT2D eigenvalue weighted by Gasteiger charge is 2.29. The van der Waals surface area contributed by atoms with E-state index in [-0.39, 0.29) is 11.3 Å². The largest absolute Gasteiger partial charge is 0.451 e. The number of hydrogen-bond donors (Lipinski definition) is 2. The van der Waals surface area contributed by atoms with Gasteiger partial charge in [-0.15, -0.1) is 0 Å². The van der Waals surface area contributed by atoms with E-state index in [2.05, 4.69) is 10.0 Å². The van der Waals surface area contributed by atoms with Gasteiger partial charge in [0.15, 0.2) is 6.10 Å². The summed E-state index contributed by atoms with van der Waals surface area (Å²) in [7, 11) is -3.91. The highest BCUT2D eigenvalue weighted by Crippen LogP contribution is 2.15. The summed E-state index contributed by atoms with van der Waals surface area (Å²) in [4.78, 5) is 25.1. The minimum Gasteiger partial charge on any atom is -0.451 e. The van der Waals surface area contributed by atoms with E-state index < -0.39 is 34.0 Å². The van der Waals surface area contributed by atoms with E-state index in [0.29, 0.717) is 11.4 Å². The molecule has 1 amide bonds. The molecule has 0 saturated heterocycles. The van der Waals surface area contributed by atoms with Crippen LogP contribution < -0.4 is 10.0 Å². The molecular weight excluding hydrogens is 424 g/mol. The monoisotopic (exact) mass is 450 g/mol. The molecule has 0 fully saturated rings. The number of carbonyl (C=O) groups excluding carboxylic acids is 2. The Kier molecular flexibility index (Phi) is 8.88. The summed E-state index contributed by atoms with van der Waals surface area (Å²) in [5, 5.41) is 2.71. The summed E-state index contributed by atoms with van der Waals surface area (Å²) < 4.78 is 32.9. The summed E-state index contributed by atoms with van der Waals surface area (Å²) in [5.41, 5.74) is 1.49. The van der Waals surface area contributed by atoms with Gasteiger partial charge in [-0.2, -0.15) is 16.5 Å².